The fourth-order valence-electron chi connectivity index (χ4n) is 1.54. The lowest BCUT2D eigenvalue weighted by atomic mass is 10.2. The van der Waals surface area contributed by atoms with Crippen LogP contribution >= 0.6 is 15.9 Å². The summed E-state index contributed by atoms with van der Waals surface area (Å²) in [7, 11) is -1.69. The number of halogens is 1. The van der Waals surface area contributed by atoms with Crippen molar-refractivity contribution in [3.8, 4) is 0 Å². The van der Waals surface area contributed by atoms with Crippen LogP contribution in [0.15, 0.2) is 28.7 Å². The van der Waals surface area contributed by atoms with Gasteiger partial charge in [0.1, 0.15) is 0 Å². The van der Waals surface area contributed by atoms with Crippen LogP contribution in [0.2, 0.25) is 0 Å². The van der Waals surface area contributed by atoms with Gasteiger partial charge in [-0.3, -0.25) is 0 Å². The summed E-state index contributed by atoms with van der Waals surface area (Å²) in [6, 6.07) is 7.62. The number of benzene rings is 1. The maximum Gasteiger partial charge on any atom is 0.216 e. The van der Waals surface area contributed by atoms with Gasteiger partial charge in [-0.25, -0.2) is 12.7 Å². The molecule has 6 heteroatoms. The Kier molecular flexibility index (Phi) is 6.46. The van der Waals surface area contributed by atoms with Gasteiger partial charge in [-0.05, 0) is 31.5 Å². The van der Waals surface area contributed by atoms with E-state index in [0.717, 1.165) is 10.0 Å². The summed E-state index contributed by atoms with van der Waals surface area (Å²) < 4.78 is 31.7. The van der Waals surface area contributed by atoms with Crippen LogP contribution in [0.25, 0.3) is 0 Å². The summed E-state index contributed by atoms with van der Waals surface area (Å²) >= 11 is 3.37. The van der Waals surface area contributed by atoms with Crippen LogP contribution in [0.1, 0.15) is 19.4 Å². The van der Waals surface area contributed by atoms with Gasteiger partial charge in [-0.15, -0.1) is 0 Å². The maximum atomic E-state index is 12.0. The van der Waals surface area contributed by atoms with Crippen LogP contribution in [0.5, 0.6) is 0 Å². The predicted molar refractivity (Wildman–Crippen MR) is 80.5 cm³/mol. The van der Waals surface area contributed by atoms with Crippen LogP contribution in [0, 0.1) is 0 Å². The van der Waals surface area contributed by atoms with E-state index in [4.69, 9.17) is 4.74 Å². The summed E-state index contributed by atoms with van der Waals surface area (Å²) in [5, 5.41) is 0. The Balaban J connectivity index is 2.58. The number of hydrogen-bond donors (Lipinski definition) is 0. The van der Waals surface area contributed by atoms with E-state index in [9.17, 15) is 8.42 Å². The third-order valence-corrected chi connectivity index (χ3v) is 4.82. The molecule has 0 fully saturated rings. The predicted octanol–water partition coefficient (Wildman–Crippen LogP) is 2.64. The minimum atomic E-state index is -3.27. The molecule has 0 amide bonds. The van der Waals surface area contributed by atoms with Crippen molar-refractivity contribution in [3.63, 3.8) is 0 Å². The third-order valence-electron chi connectivity index (χ3n) is 2.56. The van der Waals surface area contributed by atoms with Gasteiger partial charge in [0.2, 0.25) is 10.0 Å². The monoisotopic (exact) mass is 349 g/mol. The van der Waals surface area contributed by atoms with E-state index in [-0.39, 0.29) is 18.5 Å². The van der Waals surface area contributed by atoms with Crippen LogP contribution in [0.4, 0.5) is 0 Å². The minimum absolute atomic E-state index is 0.00961. The van der Waals surface area contributed by atoms with Crippen molar-refractivity contribution >= 4 is 26.0 Å². The van der Waals surface area contributed by atoms with Crippen molar-refractivity contribution in [2.75, 3.05) is 19.4 Å². The Labute approximate surface area is 123 Å². The molecule has 0 radical (unpaired) electrons. The molecule has 0 bridgehead atoms. The highest BCUT2D eigenvalue weighted by Crippen LogP contribution is 2.14. The molecule has 1 aromatic rings. The van der Waals surface area contributed by atoms with Crippen molar-refractivity contribution in [2.45, 2.75) is 26.5 Å². The van der Waals surface area contributed by atoms with Crippen molar-refractivity contribution in [1.29, 1.82) is 0 Å². The molecule has 1 rings (SSSR count). The molecule has 0 spiro atoms. The highest BCUT2D eigenvalue weighted by atomic mass is 79.9. The summed E-state index contributed by atoms with van der Waals surface area (Å²) in [6.07, 6.45) is 0.0468. The first-order valence-corrected chi connectivity index (χ1v) is 8.51. The molecule has 0 aliphatic heterocycles. The van der Waals surface area contributed by atoms with Gasteiger partial charge in [0, 0.05) is 18.1 Å². The molecule has 0 aromatic heterocycles. The highest BCUT2D eigenvalue weighted by molar-refractivity contribution is 9.10. The first-order valence-electron chi connectivity index (χ1n) is 6.11. The first-order chi connectivity index (χ1) is 8.81. The standard InChI is InChI=1S/C13H20BrNO3S/c1-11(2)18-7-8-19(16,17)15(3)10-12-5-4-6-13(14)9-12/h4-6,9,11H,7-8,10H2,1-3H3. The molecule has 0 heterocycles. The topological polar surface area (TPSA) is 46.6 Å². The van der Waals surface area contributed by atoms with Gasteiger partial charge < -0.3 is 4.74 Å². The van der Waals surface area contributed by atoms with Gasteiger partial charge >= 0.3 is 0 Å². The molecule has 1 aromatic carbocycles. The SMILES string of the molecule is CC(C)OCCS(=O)(=O)N(C)Cc1cccc(Br)c1. The van der Waals surface area contributed by atoms with Crippen LogP contribution < -0.4 is 0 Å². The van der Waals surface area contributed by atoms with Crippen molar-refractivity contribution in [1.82, 2.24) is 4.31 Å². The summed E-state index contributed by atoms with van der Waals surface area (Å²) in [6.45, 7) is 4.36. The summed E-state index contributed by atoms with van der Waals surface area (Å²) in [5.41, 5.74) is 0.949. The van der Waals surface area contributed by atoms with E-state index < -0.39 is 10.0 Å². The lowest BCUT2D eigenvalue weighted by molar-refractivity contribution is 0.0907. The van der Waals surface area contributed by atoms with E-state index in [2.05, 4.69) is 15.9 Å². The normalized spacial score (nSPS) is 12.3. The Morgan fingerprint density at radius 3 is 2.63 bits per heavy atom. The molecule has 0 saturated carbocycles. The fraction of sp³-hybridized carbons (Fsp3) is 0.538. The molecular weight excluding hydrogens is 330 g/mol. The smallest absolute Gasteiger partial charge is 0.216 e. The molecule has 0 unspecified atom stereocenters. The Morgan fingerprint density at radius 1 is 1.37 bits per heavy atom. The molecule has 0 aliphatic carbocycles. The quantitative estimate of drug-likeness (QED) is 0.760. The van der Waals surface area contributed by atoms with E-state index in [0.29, 0.717) is 6.54 Å². The second kappa shape index (κ2) is 7.38. The van der Waals surface area contributed by atoms with Crippen molar-refractivity contribution in [2.24, 2.45) is 0 Å². The molecular formula is C13H20BrNO3S. The Hall–Kier alpha value is -0.430. The number of rotatable bonds is 7. The number of nitrogens with zero attached hydrogens (tertiary/aromatic N) is 1. The minimum Gasteiger partial charge on any atom is -0.378 e. The molecule has 0 aliphatic rings. The zero-order valence-corrected chi connectivity index (χ0v) is 13.9. The molecule has 0 saturated heterocycles. The maximum absolute atomic E-state index is 12.0. The van der Waals surface area contributed by atoms with E-state index >= 15 is 0 Å². The zero-order chi connectivity index (χ0) is 14.5. The Bertz CT molecular complexity index is 502. The van der Waals surface area contributed by atoms with Crippen molar-refractivity contribution in [3.05, 3.63) is 34.3 Å². The van der Waals surface area contributed by atoms with Crippen LogP contribution in [-0.2, 0) is 21.3 Å². The van der Waals surface area contributed by atoms with Crippen LogP contribution in [0.3, 0.4) is 0 Å². The molecule has 0 N–H and O–H groups in total. The molecule has 4 nitrogen and oxygen atoms in total. The Morgan fingerprint density at radius 2 is 2.05 bits per heavy atom. The summed E-state index contributed by atoms with van der Waals surface area (Å²) in [4.78, 5) is 0. The zero-order valence-electron chi connectivity index (χ0n) is 11.5. The highest BCUT2D eigenvalue weighted by Gasteiger charge is 2.18. The number of sulfonamides is 1. The fourth-order valence-corrected chi connectivity index (χ4v) is 2.95. The average Bonchev–Trinajstić information content (AvgIpc) is 2.28. The van der Waals surface area contributed by atoms with E-state index in [1.807, 2.05) is 38.1 Å². The lowest BCUT2D eigenvalue weighted by Crippen LogP contribution is -2.31. The summed E-state index contributed by atoms with van der Waals surface area (Å²) in [5.74, 6) is 0.00961. The average molecular weight is 350 g/mol. The van der Waals surface area contributed by atoms with E-state index in [1.165, 1.54) is 4.31 Å². The largest absolute Gasteiger partial charge is 0.378 e. The van der Waals surface area contributed by atoms with Gasteiger partial charge in [0.05, 0.1) is 18.5 Å². The molecule has 108 valence electrons. The molecule has 0 atom stereocenters. The second-order valence-electron chi connectivity index (χ2n) is 4.62. The third kappa shape index (κ3) is 6.03. The van der Waals surface area contributed by atoms with Gasteiger partial charge in [0.25, 0.3) is 0 Å². The van der Waals surface area contributed by atoms with Gasteiger partial charge in [-0.2, -0.15) is 0 Å². The van der Waals surface area contributed by atoms with Crippen LogP contribution in [-0.4, -0.2) is 38.2 Å². The lowest BCUT2D eigenvalue weighted by Gasteiger charge is -2.18. The second-order valence-corrected chi connectivity index (χ2v) is 7.73. The van der Waals surface area contributed by atoms with Gasteiger partial charge in [0.15, 0.2) is 0 Å². The first kappa shape index (κ1) is 16.6. The number of ether oxygens (including phenoxy) is 1. The number of hydrogen-bond acceptors (Lipinski definition) is 3. The van der Waals surface area contributed by atoms with Gasteiger partial charge in [-0.1, -0.05) is 28.1 Å². The van der Waals surface area contributed by atoms with E-state index in [1.54, 1.807) is 7.05 Å². The van der Waals surface area contributed by atoms with Crippen molar-refractivity contribution < 1.29 is 13.2 Å². The molecule has 19 heavy (non-hydrogen) atoms.